The molecule has 0 fully saturated rings. The van der Waals surface area contributed by atoms with Crippen molar-refractivity contribution < 1.29 is 67.7 Å². The van der Waals surface area contributed by atoms with Crippen LogP contribution in [0.1, 0.15) is 98.3 Å². The van der Waals surface area contributed by atoms with Gasteiger partial charge in [-0.05, 0) is 20.3 Å². The van der Waals surface area contributed by atoms with Crippen LogP contribution in [0.4, 0.5) is 30.7 Å². The molecule has 0 aromatic heterocycles. The number of carbonyl (C=O) groups is 3. The van der Waals surface area contributed by atoms with Gasteiger partial charge in [0.15, 0.2) is 9.84 Å². The van der Waals surface area contributed by atoms with E-state index in [1.165, 1.54) is 64.7 Å². The lowest BCUT2D eigenvalue weighted by atomic mass is 10.0. The van der Waals surface area contributed by atoms with Crippen LogP contribution in [-0.4, -0.2) is 75.7 Å². The molecule has 0 aliphatic carbocycles. The predicted molar refractivity (Wildman–Crippen MR) is 160 cm³/mol. The zero-order chi connectivity index (χ0) is 36.5. The van der Waals surface area contributed by atoms with E-state index in [0.29, 0.717) is 24.9 Å². The summed E-state index contributed by atoms with van der Waals surface area (Å²) >= 11 is 0. The number of rotatable bonds is 20. The first-order valence-corrected chi connectivity index (χ1v) is 16.7. The van der Waals surface area contributed by atoms with Crippen LogP contribution in [0.15, 0.2) is 24.8 Å². The van der Waals surface area contributed by atoms with Crippen molar-refractivity contribution in [2.75, 3.05) is 31.3 Å². The molecule has 0 bridgehead atoms. The molecule has 272 valence electrons. The average Bonchev–Trinajstić information content (AvgIpc) is 2.93. The topological polar surface area (TPSA) is 113 Å². The molecule has 0 unspecified atom stereocenters. The van der Waals surface area contributed by atoms with E-state index in [4.69, 9.17) is 4.74 Å². The predicted octanol–water partition coefficient (Wildman–Crippen LogP) is 7.95. The van der Waals surface area contributed by atoms with Gasteiger partial charge in [0, 0.05) is 25.0 Å². The fourth-order valence-corrected chi connectivity index (χ4v) is 4.39. The summed E-state index contributed by atoms with van der Waals surface area (Å²) in [6.45, 7) is 13.9. The number of unbranched alkanes of at least 4 members (excludes halogenated alkanes) is 9. The van der Waals surface area contributed by atoms with Crippen molar-refractivity contribution in [3.05, 3.63) is 24.8 Å². The summed E-state index contributed by atoms with van der Waals surface area (Å²) < 4.78 is 123. The van der Waals surface area contributed by atoms with Crippen LogP contribution in [0.25, 0.3) is 0 Å². The molecular weight excluding hydrogens is 653 g/mol. The Morgan fingerprint density at radius 1 is 0.696 bits per heavy atom. The highest BCUT2D eigenvalue weighted by Gasteiger charge is 2.72. The summed E-state index contributed by atoms with van der Waals surface area (Å²) in [7, 11) is -4.49. The average molecular weight is 703 g/mol. The van der Waals surface area contributed by atoms with Gasteiger partial charge >= 0.3 is 30.3 Å². The number of ether oxygens (including phenoxy) is 3. The molecule has 0 heterocycles. The molecule has 16 heteroatoms. The van der Waals surface area contributed by atoms with Crippen molar-refractivity contribution in [1.82, 2.24) is 0 Å². The lowest BCUT2D eigenvalue weighted by molar-refractivity contribution is -0.341. The van der Waals surface area contributed by atoms with Crippen LogP contribution in [0, 0.1) is 0 Å². The zero-order valence-electron chi connectivity index (χ0n) is 27.1. The van der Waals surface area contributed by atoms with E-state index in [-0.39, 0.29) is 11.9 Å². The maximum absolute atomic E-state index is 13.2. The molecule has 46 heavy (non-hydrogen) atoms. The van der Waals surface area contributed by atoms with Crippen LogP contribution in [0.3, 0.4) is 0 Å². The van der Waals surface area contributed by atoms with Crippen LogP contribution in [0.2, 0.25) is 0 Å². The van der Waals surface area contributed by atoms with Crippen molar-refractivity contribution in [3.8, 4) is 0 Å². The molecule has 0 radical (unpaired) electrons. The number of sulfone groups is 1. The highest BCUT2D eigenvalue weighted by molar-refractivity contribution is 7.91. The monoisotopic (exact) mass is 702 g/mol. The van der Waals surface area contributed by atoms with Gasteiger partial charge in [0.2, 0.25) is 0 Å². The smallest absolute Gasteiger partial charge is 0.431 e. The van der Waals surface area contributed by atoms with Crippen molar-refractivity contribution >= 4 is 27.7 Å². The van der Waals surface area contributed by atoms with Gasteiger partial charge in [0.1, 0.15) is 6.61 Å². The number of carbonyl (C=O) groups excluding carboxylic acids is 3. The molecule has 0 saturated heterocycles. The van der Waals surface area contributed by atoms with Crippen LogP contribution >= 0.6 is 0 Å². The van der Waals surface area contributed by atoms with Gasteiger partial charge in [0.05, 0.1) is 24.7 Å². The molecule has 0 N–H and O–H groups in total. The highest BCUT2D eigenvalue weighted by atomic mass is 32.2. The largest absolute Gasteiger partial charge is 0.466 e. The molecule has 0 rings (SSSR count). The van der Waals surface area contributed by atoms with Gasteiger partial charge in [0.25, 0.3) is 5.67 Å². The Balaban J connectivity index is -0.000000691. The van der Waals surface area contributed by atoms with E-state index in [1.807, 2.05) is 0 Å². The van der Waals surface area contributed by atoms with Crippen molar-refractivity contribution in [2.45, 2.75) is 116 Å². The molecule has 0 aromatic rings. The quantitative estimate of drug-likeness (QED) is 0.0413. The minimum Gasteiger partial charge on any atom is -0.466 e. The molecule has 0 aliphatic rings. The van der Waals surface area contributed by atoms with Crippen molar-refractivity contribution in [2.24, 2.45) is 0 Å². The number of hydrogen-bond acceptors (Lipinski definition) is 8. The van der Waals surface area contributed by atoms with E-state index in [1.54, 1.807) is 13.8 Å². The highest BCUT2D eigenvalue weighted by Crippen LogP contribution is 2.48. The number of halogens is 7. The lowest BCUT2D eigenvalue weighted by Crippen LogP contribution is -2.54. The molecule has 0 saturated carbocycles. The van der Waals surface area contributed by atoms with Gasteiger partial charge < -0.3 is 14.2 Å². The fraction of sp³-hybridized carbons (Fsp3) is 0.767. The Hall–Kier alpha value is -2.65. The summed E-state index contributed by atoms with van der Waals surface area (Å²) in [4.78, 5) is 31.5. The van der Waals surface area contributed by atoms with E-state index in [2.05, 4.69) is 29.6 Å². The minimum absolute atomic E-state index is 0.211. The van der Waals surface area contributed by atoms with Gasteiger partial charge in [-0.2, -0.15) is 26.3 Å². The Morgan fingerprint density at radius 3 is 1.50 bits per heavy atom. The van der Waals surface area contributed by atoms with E-state index < -0.39 is 58.4 Å². The third-order valence-electron chi connectivity index (χ3n) is 5.89. The Morgan fingerprint density at radius 2 is 1.15 bits per heavy atom. The summed E-state index contributed by atoms with van der Waals surface area (Å²) in [5, 5.41) is 0. The number of hydrogen-bond donors (Lipinski definition) is 0. The van der Waals surface area contributed by atoms with Crippen molar-refractivity contribution in [3.63, 3.8) is 0 Å². The maximum Gasteiger partial charge on any atom is 0.431 e. The first kappa shape index (κ1) is 47.8. The van der Waals surface area contributed by atoms with Gasteiger partial charge in [-0.1, -0.05) is 77.9 Å². The molecule has 0 spiro atoms. The standard InChI is InChI=1S/C16H30O2.C10H11F7O4S.C4H8O2/c1-4-5-6-7-8-9-10-11-12-13-14-18-16(17)15(2)3;1-2-7(18)21-4-6-22(19,20)5-3-8(11,9(12,13)14)10(15,16)17;1-3-6-4(2)5/h2,4-14H2,1,3H3;2H,1,3-6H2;3H2,1-2H3. The second kappa shape index (κ2) is 25.4. The first-order chi connectivity index (χ1) is 21.1. The fourth-order valence-electron chi connectivity index (χ4n) is 3.25. The zero-order valence-corrected chi connectivity index (χ0v) is 27.9. The SMILES string of the molecule is C=C(C)C(=O)OCCCCCCCCCCCC.C=CC(=O)OCCS(=O)(=O)CCC(F)(C(F)(F)F)C(F)(F)F.CCOC(C)=O. The molecule has 8 nitrogen and oxygen atoms in total. The molecule has 0 aromatic carbocycles. The van der Waals surface area contributed by atoms with E-state index >= 15 is 0 Å². The molecule has 0 atom stereocenters. The van der Waals surface area contributed by atoms with E-state index in [0.717, 1.165) is 6.42 Å². The van der Waals surface area contributed by atoms with Crippen LogP contribution in [-0.2, 0) is 38.4 Å². The normalized spacial score (nSPS) is 11.6. The summed E-state index contributed by atoms with van der Waals surface area (Å²) in [5.74, 6) is -4.25. The Bertz CT molecular complexity index is 980. The summed E-state index contributed by atoms with van der Waals surface area (Å²) in [6.07, 6.45) is -1.32. The number of alkyl halides is 7. The molecule has 0 amide bonds. The maximum atomic E-state index is 13.2. The summed E-state index contributed by atoms with van der Waals surface area (Å²) in [5.41, 5.74) is -5.15. The van der Waals surface area contributed by atoms with Crippen LogP contribution < -0.4 is 0 Å². The molecule has 0 aliphatic heterocycles. The molecular formula is C30H49F7O8S. The van der Waals surface area contributed by atoms with Gasteiger partial charge in [-0.15, -0.1) is 0 Å². The first-order valence-electron chi connectivity index (χ1n) is 14.9. The Kier molecular flexibility index (Phi) is 26.4. The number of esters is 3. The Labute approximate surface area is 268 Å². The van der Waals surface area contributed by atoms with Gasteiger partial charge in [-0.25, -0.2) is 22.4 Å². The van der Waals surface area contributed by atoms with Gasteiger partial charge in [-0.3, -0.25) is 4.79 Å². The van der Waals surface area contributed by atoms with Crippen LogP contribution in [0.5, 0.6) is 0 Å². The summed E-state index contributed by atoms with van der Waals surface area (Å²) in [6, 6.07) is 0. The second-order valence-electron chi connectivity index (χ2n) is 10.1. The third-order valence-corrected chi connectivity index (χ3v) is 7.50. The lowest BCUT2D eigenvalue weighted by Gasteiger charge is -2.29. The van der Waals surface area contributed by atoms with E-state index in [9.17, 15) is 53.5 Å². The minimum atomic E-state index is -6.31. The second-order valence-corrected chi connectivity index (χ2v) is 12.4. The third kappa shape index (κ3) is 25.5. The van der Waals surface area contributed by atoms with Crippen molar-refractivity contribution in [1.29, 1.82) is 0 Å².